The van der Waals surface area contributed by atoms with Crippen LogP contribution in [0.15, 0.2) is 24.5 Å². The fourth-order valence-corrected chi connectivity index (χ4v) is 4.44. The molecule has 3 aliphatic rings. The highest BCUT2D eigenvalue weighted by Crippen LogP contribution is 2.54. The van der Waals surface area contributed by atoms with Crippen LogP contribution in [-0.4, -0.2) is 45.9 Å². The van der Waals surface area contributed by atoms with Gasteiger partial charge in [-0.3, -0.25) is 14.9 Å². The number of pyridine rings is 1. The van der Waals surface area contributed by atoms with Crippen LogP contribution in [0.2, 0.25) is 5.02 Å². The summed E-state index contributed by atoms with van der Waals surface area (Å²) in [5.41, 5.74) is -0.967. The summed E-state index contributed by atoms with van der Waals surface area (Å²) >= 11 is 6.12. The molecule has 0 aromatic carbocycles. The zero-order chi connectivity index (χ0) is 23.4. The standard InChI is InChI=1S/C21H20ClF3N6O2/c22-13-7-12(21(23,24)25)8-27-16(13)31-9-15(20(10-31)4-5-20)29-18(33)14-3-6-26-19(28-14)30-17(32)11-1-2-11/h3,6-8,11,15H,1-2,4-5,9-10H2,(H,29,33)(H,26,28,30,32)/t15-/m0/s1. The molecule has 0 bridgehead atoms. The third-order valence-electron chi connectivity index (χ3n) is 6.37. The molecule has 2 aliphatic carbocycles. The van der Waals surface area contributed by atoms with Crippen molar-refractivity contribution in [2.24, 2.45) is 11.3 Å². The van der Waals surface area contributed by atoms with Crippen molar-refractivity contribution in [2.75, 3.05) is 23.3 Å². The molecule has 1 spiro atoms. The van der Waals surface area contributed by atoms with E-state index >= 15 is 0 Å². The first-order chi connectivity index (χ1) is 15.6. The smallest absolute Gasteiger partial charge is 0.353 e. The topological polar surface area (TPSA) is 100 Å². The summed E-state index contributed by atoms with van der Waals surface area (Å²) in [5, 5.41) is 5.52. The molecule has 2 saturated carbocycles. The second kappa shape index (κ2) is 7.82. The Kier molecular flexibility index (Phi) is 5.19. The molecule has 1 saturated heterocycles. The Balaban J connectivity index is 1.28. The van der Waals surface area contributed by atoms with Crippen LogP contribution in [0.3, 0.4) is 0 Å². The third kappa shape index (κ3) is 4.46. The normalized spacial score (nSPS) is 21.2. The Morgan fingerprint density at radius 1 is 1.21 bits per heavy atom. The van der Waals surface area contributed by atoms with E-state index in [1.807, 2.05) is 4.90 Å². The molecule has 5 rings (SSSR count). The molecule has 33 heavy (non-hydrogen) atoms. The largest absolute Gasteiger partial charge is 0.417 e. The molecular formula is C21H20ClF3N6O2. The number of nitrogens with zero attached hydrogens (tertiary/aromatic N) is 4. The molecule has 174 valence electrons. The van der Waals surface area contributed by atoms with Crippen LogP contribution in [0, 0.1) is 11.3 Å². The van der Waals surface area contributed by atoms with Crippen molar-refractivity contribution in [3.05, 3.63) is 40.8 Å². The van der Waals surface area contributed by atoms with Crippen LogP contribution < -0.4 is 15.5 Å². The van der Waals surface area contributed by atoms with Gasteiger partial charge >= 0.3 is 6.18 Å². The molecule has 2 amide bonds. The summed E-state index contributed by atoms with van der Waals surface area (Å²) in [6.45, 7) is 0.892. The molecule has 3 heterocycles. The summed E-state index contributed by atoms with van der Waals surface area (Å²) in [5.74, 6) is -0.244. The quantitative estimate of drug-likeness (QED) is 0.681. The number of carbonyl (C=O) groups excluding carboxylic acids is 2. The molecule has 0 radical (unpaired) electrons. The molecule has 0 unspecified atom stereocenters. The second-order valence-electron chi connectivity index (χ2n) is 8.83. The van der Waals surface area contributed by atoms with E-state index in [2.05, 4.69) is 25.6 Å². The molecular weight excluding hydrogens is 461 g/mol. The number of carbonyl (C=O) groups is 2. The maximum absolute atomic E-state index is 12.9. The monoisotopic (exact) mass is 480 g/mol. The Hall–Kier alpha value is -2.95. The average Bonchev–Trinajstić information content (AvgIpc) is 3.67. The first-order valence-electron chi connectivity index (χ1n) is 10.6. The maximum atomic E-state index is 12.9. The summed E-state index contributed by atoms with van der Waals surface area (Å²) in [7, 11) is 0. The molecule has 2 N–H and O–H groups in total. The third-order valence-corrected chi connectivity index (χ3v) is 6.64. The molecule has 2 aromatic heterocycles. The van der Waals surface area contributed by atoms with Gasteiger partial charge in [-0.2, -0.15) is 13.2 Å². The van der Waals surface area contributed by atoms with Crippen LogP contribution in [0.1, 0.15) is 41.7 Å². The van der Waals surface area contributed by atoms with Crippen LogP contribution in [-0.2, 0) is 11.0 Å². The molecule has 1 atom stereocenters. The van der Waals surface area contributed by atoms with Crippen molar-refractivity contribution in [1.29, 1.82) is 0 Å². The van der Waals surface area contributed by atoms with Gasteiger partial charge in [-0.15, -0.1) is 0 Å². The summed E-state index contributed by atoms with van der Waals surface area (Å²) in [6.07, 6.45) is 1.07. The van der Waals surface area contributed by atoms with E-state index in [0.29, 0.717) is 13.1 Å². The van der Waals surface area contributed by atoms with E-state index in [1.54, 1.807) is 0 Å². The lowest BCUT2D eigenvalue weighted by atomic mass is 10.0. The summed E-state index contributed by atoms with van der Waals surface area (Å²) in [4.78, 5) is 38.7. The minimum Gasteiger partial charge on any atom is -0.353 e. The first-order valence-corrected chi connectivity index (χ1v) is 10.9. The number of halogens is 4. The van der Waals surface area contributed by atoms with E-state index in [1.165, 1.54) is 12.3 Å². The fourth-order valence-electron chi connectivity index (χ4n) is 4.15. The number of nitrogens with one attached hydrogen (secondary N) is 2. The SMILES string of the molecule is O=C(N[C@H]1CN(c2ncc(C(F)(F)F)cc2Cl)CC12CC2)c1ccnc(NC(=O)C2CC2)n1. The van der Waals surface area contributed by atoms with Gasteiger partial charge in [0.05, 0.1) is 16.6 Å². The van der Waals surface area contributed by atoms with Gasteiger partial charge in [0.1, 0.15) is 11.5 Å². The zero-order valence-electron chi connectivity index (χ0n) is 17.3. The fraction of sp³-hybridized carbons (Fsp3) is 0.476. The number of hydrogen-bond acceptors (Lipinski definition) is 6. The van der Waals surface area contributed by atoms with E-state index in [4.69, 9.17) is 11.6 Å². The summed E-state index contributed by atoms with van der Waals surface area (Å²) in [6, 6.07) is 2.08. The highest BCUT2D eigenvalue weighted by Gasteiger charge is 2.56. The second-order valence-corrected chi connectivity index (χ2v) is 9.23. The van der Waals surface area contributed by atoms with E-state index < -0.39 is 17.6 Å². The molecule has 2 aromatic rings. The lowest BCUT2D eigenvalue weighted by Crippen LogP contribution is -2.41. The van der Waals surface area contributed by atoms with Crippen LogP contribution in [0.25, 0.3) is 0 Å². The average molecular weight is 481 g/mol. The Bertz CT molecular complexity index is 1120. The van der Waals surface area contributed by atoms with Gasteiger partial charge in [-0.25, -0.2) is 15.0 Å². The van der Waals surface area contributed by atoms with Crippen molar-refractivity contribution in [3.63, 3.8) is 0 Å². The van der Waals surface area contributed by atoms with Gasteiger partial charge in [-0.1, -0.05) is 11.6 Å². The minimum absolute atomic E-state index is 0.0177. The van der Waals surface area contributed by atoms with Gasteiger partial charge in [-0.05, 0) is 37.8 Å². The van der Waals surface area contributed by atoms with Crippen molar-refractivity contribution in [3.8, 4) is 0 Å². The lowest BCUT2D eigenvalue weighted by molar-refractivity contribution is -0.137. The van der Waals surface area contributed by atoms with Gasteiger partial charge in [0.15, 0.2) is 0 Å². The predicted octanol–water partition coefficient (Wildman–Crippen LogP) is 3.29. The number of rotatable bonds is 5. The molecule has 1 aliphatic heterocycles. The number of aromatic nitrogens is 3. The van der Waals surface area contributed by atoms with Gasteiger partial charge < -0.3 is 10.2 Å². The zero-order valence-corrected chi connectivity index (χ0v) is 18.1. The molecule has 12 heteroatoms. The maximum Gasteiger partial charge on any atom is 0.417 e. The number of anilines is 2. The van der Waals surface area contributed by atoms with Crippen LogP contribution in [0.4, 0.5) is 24.9 Å². The van der Waals surface area contributed by atoms with E-state index in [-0.39, 0.29) is 45.8 Å². The first kappa shape index (κ1) is 21.9. The van der Waals surface area contributed by atoms with Crippen molar-refractivity contribution in [2.45, 2.75) is 37.9 Å². The molecule has 3 fully saturated rings. The summed E-state index contributed by atoms with van der Waals surface area (Å²) < 4.78 is 38.8. The highest BCUT2D eigenvalue weighted by molar-refractivity contribution is 6.33. The van der Waals surface area contributed by atoms with Crippen LogP contribution >= 0.6 is 11.6 Å². The van der Waals surface area contributed by atoms with Crippen molar-refractivity contribution < 1.29 is 22.8 Å². The van der Waals surface area contributed by atoms with Gasteiger partial charge in [0.2, 0.25) is 11.9 Å². The number of hydrogen-bond donors (Lipinski definition) is 2. The van der Waals surface area contributed by atoms with Crippen molar-refractivity contribution in [1.82, 2.24) is 20.3 Å². The van der Waals surface area contributed by atoms with Crippen LogP contribution in [0.5, 0.6) is 0 Å². The lowest BCUT2D eigenvalue weighted by Gasteiger charge is -2.20. The van der Waals surface area contributed by atoms with Crippen molar-refractivity contribution >= 4 is 35.2 Å². The Morgan fingerprint density at radius 2 is 1.97 bits per heavy atom. The Morgan fingerprint density at radius 3 is 2.61 bits per heavy atom. The predicted molar refractivity (Wildman–Crippen MR) is 113 cm³/mol. The van der Waals surface area contributed by atoms with Gasteiger partial charge in [0.25, 0.3) is 5.91 Å². The van der Waals surface area contributed by atoms with Gasteiger partial charge in [0, 0.05) is 36.8 Å². The molecule has 8 nitrogen and oxygen atoms in total. The highest BCUT2D eigenvalue weighted by atomic mass is 35.5. The Labute approximate surface area is 191 Å². The van der Waals surface area contributed by atoms with E-state index in [9.17, 15) is 22.8 Å². The number of alkyl halides is 3. The van der Waals surface area contributed by atoms with E-state index in [0.717, 1.165) is 37.9 Å². The minimum atomic E-state index is -4.52. The number of amides is 2.